The second kappa shape index (κ2) is 6.77. The Labute approximate surface area is 150 Å². The average molecular weight is 375 g/mol. The highest BCUT2D eigenvalue weighted by molar-refractivity contribution is 7.99. The molecule has 128 valence electrons. The minimum Gasteiger partial charge on any atom is -0.293 e. The van der Waals surface area contributed by atoms with Crippen LogP contribution in [0, 0.1) is 17.0 Å². The van der Waals surface area contributed by atoms with Crippen LogP contribution in [0.15, 0.2) is 40.3 Å². The van der Waals surface area contributed by atoms with Crippen molar-refractivity contribution >= 4 is 44.8 Å². The number of hydrogen-bond acceptors (Lipinski definition) is 7. The minimum absolute atomic E-state index is 0.0632. The van der Waals surface area contributed by atoms with Crippen LogP contribution in [0.3, 0.4) is 0 Å². The van der Waals surface area contributed by atoms with E-state index in [2.05, 4.69) is 4.98 Å². The first-order valence-corrected chi connectivity index (χ1v) is 9.04. The Morgan fingerprint density at radius 2 is 2.04 bits per heavy atom. The maximum absolute atomic E-state index is 12.3. The quantitative estimate of drug-likeness (QED) is 0.223. The van der Waals surface area contributed by atoms with Crippen molar-refractivity contribution < 1.29 is 9.72 Å². The molecule has 0 spiro atoms. The zero-order chi connectivity index (χ0) is 18.1. The van der Waals surface area contributed by atoms with E-state index in [1.165, 1.54) is 51.9 Å². The zero-order valence-electron chi connectivity index (χ0n) is 13.4. The van der Waals surface area contributed by atoms with Crippen molar-refractivity contribution in [3.63, 3.8) is 0 Å². The van der Waals surface area contributed by atoms with E-state index in [-0.39, 0.29) is 22.8 Å². The highest BCUT2D eigenvalue weighted by Gasteiger charge is 2.14. The normalized spacial score (nSPS) is 11.0. The molecule has 0 radical (unpaired) electrons. The molecule has 7 nitrogen and oxygen atoms in total. The minimum atomic E-state index is -0.513. The molecule has 0 fully saturated rings. The lowest BCUT2D eigenvalue weighted by Crippen LogP contribution is -2.19. The van der Waals surface area contributed by atoms with E-state index in [1.807, 2.05) is 13.0 Å². The number of benzene rings is 1. The van der Waals surface area contributed by atoms with Gasteiger partial charge in [-0.15, -0.1) is 11.3 Å². The third-order valence-corrected chi connectivity index (χ3v) is 5.56. The van der Waals surface area contributed by atoms with Crippen molar-refractivity contribution in [2.75, 3.05) is 5.75 Å². The number of ketones is 1. The van der Waals surface area contributed by atoms with Crippen LogP contribution in [0.5, 0.6) is 0 Å². The average Bonchev–Trinajstić information content (AvgIpc) is 2.97. The van der Waals surface area contributed by atoms with Crippen LogP contribution in [0.4, 0.5) is 5.69 Å². The molecule has 0 aliphatic carbocycles. The van der Waals surface area contributed by atoms with E-state index in [1.54, 1.807) is 7.05 Å². The molecule has 0 unspecified atom stereocenters. The SMILES string of the molecule is Cc1cc2c(=O)n(C)c(SCC(=O)c3ccc([N+](=O)[O-])cc3)nc2s1. The Morgan fingerprint density at radius 3 is 2.68 bits per heavy atom. The molecule has 0 saturated heterocycles. The van der Waals surface area contributed by atoms with Gasteiger partial charge in [0, 0.05) is 29.6 Å². The van der Waals surface area contributed by atoms with Crippen molar-refractivity contribution in [2.24, 2.45) is 7.05 Å². The monoisotopic (exact) mass is 375 g/mol. The molecule has 0 N–H and O–H groups in total. The second-order valence-corrected chi connectivity index (χ2v) is 7.53. The highest BCUT2D eigenvalue weighted by atomic mass is 32.2. The van der Waals surface area contributed by atoms with Gasteiger partial charge in [0.05, 0.1) is 16.1 Å². The first-order chi connectivity index (χ1) is 11.9. The van der Waals surface area contributed by atoms with Crippen LogP contribution in [-0.2, 0) is 7.05 Å². The predicted octanol–water partition coefficient (Wildman–Crippen LogP) is 3.19. The van der Waals surface area contributed by atoms with Gasteiger partial charge >= 0.3 is 0 Å². The topological polar surface area (TPSA) is 95.1 Å². The van der Waals surface area contributed by atoms with E-state index >= 15 is 0 Å². The fourth-order valence-electron chi connectivity index (χ4n) is 2.28. The molecule has 0 amide bonds. The summed E-state index contributed by atoms with van der Waals surface area (Å²) < 4.78 is 1.43. The van der Waals surface area contributed by atoms with Gasteiger partial charge in [-0.1, -0.05) is 11.8 Å². The number of thiophene rings is 1. The second-order valence-electron chi connectivity index (χ2n) is 5.35. The summed E-state index contributed by atoms with van der Waals surface area (Å²) in [5.41, 5.74) is 0.183. The van der Waals surface area contributed by atoms with Gasteiger partial charge in [0.1, 0.15) is 4.83 Å². The number of nitro benzene ring substituents is 1. The molecule has 25 heavy (non-hydrogen) atoms. The van der Waals surface area contributed by atoms with Crippen LogP contribution in [-0.4, -0.2) is 26.0 Å². The van der Waals surface area contributed by atoms with Gasteiger partial charge in [0.25, 0.3) is 11.2 Å². The molecule has 3 rings (SSSR count). The van der Waals surface area contributed by atoms with Crippen LogP contribution in [0.2, 0.25) is 0 Å². The largest absolute Gasteiger partial charge is 0.293 e. The van der Waals surface area contributed by atoms with Gasteiger partial charge in [-0.3, -0.25) is 24.3 Å². The van der Waals surface area contributed by atoms with Crippen LogP contribution in [0.1, 0.15) is 15.2 Å². The summed E-state index contributed by atoms with van der Waals surface area (Å²) in [4.78, 5) is 40.9. The molecule has 0 aliphatic heterocycles. The fourth-order valence-corrected chi connectivity index (χ4v) is 4.07. The summed E-state index contributed by atoms with van der Waals surface area (Å²) in [6, 6.07) is 7.27. The molecule has 2 heterocycles. The molecule has 2 aromatic heterocycles. The molecule has 1 aromatic carbocycles. The van der Waals surface area contributed by atoms with Crippen molar-refractivity contribution in [2.45, 2.75) is 12.1 Å². The number of aryl methyl sites for hydroxylation is 1. The molecule has 0 saturated carbocycles. The molecule has 0 aliphatic rings. The summed E-state index contributed by atoms with van der Waals surface area (Å²) in [5, 5.41) is 11.7. The molecule has 0 bridgehead atoms. The van der Waals surface area contributed by atoms with Crippen LogP contribution < -0.4 is 5.56 Å². The lowest BCUT2D eigenvalue weighted by atomic mass is 10.1. The zero-order valence-corrected chi connectivity index (χ0v) is 15.0. The molecule has 3 aromatic rings. The van der Waals surface area contributed by atoms with Crippen LogP contribution >= 0.6 is 23.1 Å². The summed E-state index contributed by atoms with van der Waals surface area (Å²) in [7, 11) is 1.63. The number of Topliss-reactive ketones (excluding diaryl/α,β-unsaturated/α-hetero) is 1. The maximum atomic E-state index is 12.3. The van der Waals surface area contributed by atoms with Gasteiger partial charge in [-0.2, -0.15) is 0 Å². The number of nitrogens with zero attached hydrogens (tertiary/aromatic N) is 3. The Bertz CT molecular complexity index is 1040. The summed E-state index contributed by atoms with van der Waals surface area (Å²) in [5.74, 6) is -0.0925. The third kappa shape index (κ3) is 3.47. The van der Waals surface area contributed by atoms with Crippen molar-refractivity contribution in [1.82, 2.24) is 9.55 Å². The van der Waals surface area contributed by atoms with Gasteiger partial charge in [0.2, 0.25) is 0 Å². The molecule has 0 atom stereocenters. The summed E-state index contributed by atoms with van der Waals surface area (Å²) in [6.45, 7) is 1.91. The Hall–Kier alpha value is -2.52. The molecular weight excluding hydrogens is 362 g/mol. The van der Waals surface area contributed by atoms with Gasteiger partial charge in [-0.25, -0.2) is 4.98 Å². The molecular formula is C16H13N3O4S2. The van der Waals surface area contributed by atoms with Gasteiger partial charge < -0.3 is 0 Å². The summed E-state index contributed by atoms with van der Waals surface area (Å²) >= 11 is 2.61. The number of nitro groups is 1. The number of fused-ring (bicyclic) bond motifs is 1. The van der Waals surface area contributed by atoms with E-state index in [0.717, 1.165) is 4.88 Å². The number of hydrogen-bond donors (Lipinski definition) is 0. The standard InChI is InChI=1S/C16H13N3O4S2/c1-9-7-12-14(25-9)17-16(18(2)15(12)21)24-8-13(20)10-3-5-11(6-4-10)19(22)23/h3-7H,8H2,1-2H3. The number of thioether (sulfide) groups is 1. The van der Waals surface area contributed by atoms with Crippen molar-refractivity contribution in [3.8, 4) is 0 Å². The summed E-state index contributed by atoms with van der Waals surface area (Å²) in [6.07, 6.45) is 0. The third-order valence-electron chi connectivity index (χ3n) is 3.59. The number of aromatic nitrogens is 2. The smallest absolute Gasteiger partial charge is 0.269 e. The Kier molecular flexibility index (Phi) is 4.69. The Morgan fingerprint density at radius 1 is 1.36 bits per heavy atom. The van der Waals surface area contributed by atoms with Gasteiger partial charge in [0.15, 0.2) is 10.9 Å². The number of carbonyl (C=O) groups excluding carboxylic acids is 1. The van der Waals surface area contributed by atoms with Crippen molar-refractivity contribution in [1.29, 1.82) is 0 Å². The predicted molar refractivity (Wildman–Crippen MR) is 97.7 cm³/mol. The molecule has 9 heteroatoms. The van der Waals surface area contributed by atoms with E-state index in [4.69, 9.17) is 0 Å². The number of rotatable bonds is 5. The van der Waals surface area contributed by atoms with E-state index in [0.29, 0.717) is 20.9 Å². The number of non-ortho nitro benzene ring substituents is 1. The maximum Gasteiger partial charge on any atom is 0.269 e. The highest BCUT2D eigenvalue weighted by Crippen LogP contribution is 2.24. The Balaban J connectivity index is 1.80. The van der Waals surface area contributed by atoms with Crippen molar-refractivity contribution in [3.05, 3.63) is 61.2 Å². The first kappa shape index (κ1) is 17.3. The lowest BCUT2D eigenvalue weighted by molar-refractivity contribution is -0.384. The van der Waals surface area contributed by atoms with E-state index < -0.39 is 4.92 Å². The lowest BCUT2D eigenvalue weighted by Gasteiger charge is -2.06. The van der Waals surface area contributed by atoms with Crippen LogP contribution in [0.25, 0.3) is 10.2 Å². The van der Waals surface area contributed by atoms with E-state index in [9.17, 15) is 19.7 Å². The first-order valence-electron chi connectivity index (χ1n) is 7.24. The fraction of sp³-hybridized carbons (Fsp3) is 0.188. The van der Waals surface area contributed by atoms with Gasteiger partial charge in [-0.05, 0) is 25.1 Å². The number of carbonyl (C=O) groups is 1.